The molecule has 1 heterocycles. The standard InChI is InChI=1S/C19H25NO2/c1-3-16(15-17-9-5-6-10-18(17)22-2)11-12-19(21)20-13-7-4-8-14-20/h5-6,9-12,15H,3-4,7-8,13-14H2,1-2H3/b12-11+,16-15+. The maximum Gasteiger partial charge on any atom is 0.246 e. The van der Waals surface area contributed by atoms with Gasteiger partial charge in [0.2, 0.25) is 5.91 Å². The lowest BCUT2D eigenvalue weighted by Crippen LogP contribution is -2.34. The van der Waals surface area contributed by atoms with Crippen molar-refractivity contribution >= 4 is 12.0 Å². The average Bonchev–Trinajstić information content (AvgIpc) is 2.59. The Kier molecular flexibility index (Phi) is 6.26. The van der Waals surface area contributed by atoms with Crippen molar-refractivity contribution in [1.82, 2.24) is 4.90 Å². The monoisotopic (exact) mass is 299 g/mol. The molecule has 118 valence electrons. The van der Waals surface area contributed by atoms with Crippen molar-refractivity contribution in [2.45, 2.75) is 32.6 Å². The van der Waals surface area contributed by atoms with E-state index >= 15 is 0 Å². The van der Waals surface area contributed by atoms with Crippen molar-refractivity contribution in [2.24, 2.45) is 0 Å². The predicted octanol–water partition coefficient (Wildman–Crippen LogP) is 4.06. The Morgan fingerprint density at radius 2 is 1.91 bits per heavy atom. The minimum atomic E-state index is 0.124. The van der Waals surface area contributed by atoms with E-state index in [1.807, 2.05) is 35.2 Å². The molecule has 0 unspecified atom stereocenters. The van der Waals surface area contributed by atoms with Gasteiger partial charge in [-0.25, -0.2) is 0 Å². The topological polar surface area (TPSA) is 29.5 Å². The summed E-state index contributed by atoms with van der Waals surface area (Å²) in [6, 6.07) is 7.91. The van der Waals surface area contributed by atoms with E-state index in [1.165, 1.54) is 6.42 Å². The van der Waals surface area contributed by atoms with E-state index in [-0.39, 0.29) is 5.91 Å². The van der Waals surface area contributed by atoms with E-state index in [0.717, 1.165) is 49.2 Å². The first-order valence-corrected chi connectivity index (χ1v) is 8.05. The summed E-state index contributed by atoms with van der Waals surface area (Å²) in [5.74, 6) is 0.975. The number of piperidine rings is 1. The zero-order valence-electron chi connectivity index (χ0n) is 13.5. The van der Waals surface area contributed by atoms with Gasteiger partial charge in [0.05, 0.1) is 7.11 Å². The molecule has 0 atom stereocenters. The molecule has 1 aromatic carbocycles. The Balaban J connectivity index is 2.09. The number of para-hydroxylation sites is 1. The second kappa shape index (κ2) is 8.42. The van der Waals surface area contributed by atoms with Crippen molar-refractivity contribution < 1.29 is 9.53 Å². The van der Waals surface area contributed by atoms with Crippen molar-refractivity contribution in [2.75, 3.05) is 20.2 Å². The van der Waals surface area contributed by atoms with Crippen LogP contribution in [0.15, 0.2) is 42.0 Å². The van der Waals surface area contributed by atoms with Crippen molar-refractivity contribution in [3.05, 3.63) is 47.6 Å². The quantitative estimate of drug-likeness (QED) is 0.606. The maximum atomic E-state index is 12.2. The second-order valence-electron chi connectivity index (χ2n) is 5.53. The van der Waals surface area contributed by atoms with Crippen LogP contribution in [0.2, 0.25) is 0 Å². The molecular weight excluding hydrogens is 274 g/mol. The van der Waals surface area contributed by atoms with Crippen molar-refractivity contribution in [3.63, 3.8) is 0 Å². The highest BCUT2D eigenvalue weighted by atomic mass is 16.5. The molecule has 0 N–H and O–H groups in total. The number of rotatable bonds is 5. The van der Waals surface area contributed by atoms with Crippen LogP contribution in [0.1, 0.15) is 38.2 Å². The molecule has 1 saturated heterocycles. The van der Waals surface area contributed by atoms with Crippen LogP contribution in [-0.2, 0) is 4.79 Å². The number of methoxy groups -OCH3 is 1. The molecule has 0 spiro atoms. The van der Waals surface area contributed by atoms with E-state index in [1.54, 1.807) is 13.2 Å². The van der Waals surface area contributed by atoms with Crippen LogP contribution in [-0.4, -0.2) is 31.0 Å². The van der Waals surface area contributed by atoms with E-state index in [2.05, 4.69) is 13.0 Å². The first-order chi connectivity index (χ1) is 10.7. The number of hydrogen-bond donors (Lipinski definition) is 0. The number of hydrogen-bond acceptors (Lipinski definition) is 2. The number of amides is 1. The van der Waals surface area contributed by atoms with E-state index in [4.69, 9.17) is 4.74 Å². The van der Waals surface area contributed by atoms with Crippen molar-refractivity contribution in [3.8, 4) is 5.75 Å². The number of ether oxygens (including phenoxy) is 1. The SMILES string of the molecule is CCC(/C=C/C(=O)N1CCCCC1)=C\c1ccccc1OC. The third-order valence-corrected chi connectivity index (χ3v) is 4.00. The molecule has 1 aliphatic heterocycles. The minimum absolute atomic E-state index is 0.124. The fourth-order valence-electron chi connectivity index (χ4n) is 2.65. The van der Waals surface area contributed by atoms with Gasteiger partial charge in [-0.05, 0) is 43.4 Å². The number of nitrogens with zero attached hydrogens (tertiary/aromatic N) is 1. The molecule has 0 bridgehead atoms. The molecule has 0 aromatic heterocycles. The van der Waals surface area contributed by atoms with Crippen molar-refractivity contribution in [1.29, 1.82) is 0 Å². The smallest absolute Gasteiger partial charge is 0.246 e. The van der Waals surface area contributed by atoms with Gasteiger partial charge < -0.3 is 9.64 Å². The molecular formula is C19H25NO2. The van der Waals surface area contributed by atoms with E-state index in [0.29, 0.717) is 0 Å². The van der Waals surface area contributed by atoms with Gasteiger partial charge in [0.1, 0.15) is 5.75 Å². The van der Waals surface area contributed by atoms with Crippen LogP contribution < -0.4 is 4.74 Å². The number of carbonyl (C=O) groups excluding carboxylic acids is 1. The highest BCUT2D eigenvalue weighted by molar-refractivity contribution is 5.88. The first-order valence-electron chi connectivity index (χ1n) is 8.05. The highest BCUT2D eigenvalue weighted by Crippen LogP contribution is 2.21. The van der Waals surface area contributed by atoms with Crippen LogP contribution in [0.4, 0.5) is 0 Å². The summed E-state index contributed by atoms with van der Waals surface area (Å²) >= 11 is 0. The van der Waals surface area contributed by atoms with Crippen LogP contribution in [0.3, 0.4) is 0 Å². The molecule has 1 aromatic rings. The summed E-state index contributed by atoms with van der Waals surface area (Å²) in [4.78, 5) is 14.1. The Hall–Kier alpha value is -2.03. The highest BCUT2D eigenvalue weighted by Gasteiger charge is 2.13. The lowest BCUT2D eigenvalue weighted by Gasteiger charge is -2.25. The summed E-state index contributed by atoms with van der Waals surface area (Å²) in [6.45, 7) is 3.87. The van der Waals surface area contributed by atoms with Gasteiger partial charge in [0, 0.05) is 24.7 Å². The Labute approximate surface area is 133 Å². The number of carbonyl (C=O) groups is 1. The Morgan fingerprint density at radius 3 is 2.59 bits per heavy atom. The summed E-state index contributed by atoms with van der Waals surface area (Å²) in [5, 5.41) is 0. The summed E-state index contributed by atoms with van der Waals surface area (Å²) in [6.07, 6.45) is 10.1. The molecule has 3 heteroatoms. The van der Waals surface area contributed by atoms with Gasteiger partial charge in [-0.2, -0.15) is 0 Å². The first kappa shape index (κ1) is 16.3. The molecule has 1 amide bonds. The molecule has 1 aliphatic rings. The molecule has 3 nitrogen and oxygen atoms in total. The van der Waals surface area contributed by atoms with Crippen LogP contribution >= 0.6 is 0 Å². The van der Waals surface area contributed by atoms with Gasteiger partial charge in [-0.15, -0.1) is 0 Å². The molecule has 22 heavy (non-hydrogen) atoms. The molecule has 0 saturated carbocycles. The zero-order valence-corrected chi connectivity index (χ0v) is 13.5. The van der Waals surface area contributed by atoms with Crippen LogP contribution in [0.5, 0.6) is 5.75 Å². The summed E-state index contributed by atoms with van der Waals surface area (Å²) < 4.78 is 5.37. The predicted molar refractivity (Wildman–Crippen MR) is 90.8 cm³/mol. The minimum Gasteiger partial charge on any atom is -0.496 e. The van der Waals surface area contributed by atoms with E-state index < -0.39 is 0 Å². The van der Waals surface area contributed by atoms with Gasteiger partial charge in [0.15, 0.2) is 0 Å². The normalized spacial score (nSPS) is 16.1. The lowest BCUT2D eigenvalue weighted by molar-refractivity contribution is -0.126. The summed E-state index contributed by atoms with van der Waals surface area (Å²) in [5.41, 5.74) is 2.16. The second-order valence-corrected chi connectivity index (χ2v) is 5.53. The lowest BCUT2D eigenvalue weighted by atomic mass is 10.1. The molecule has 2 rings (SSSR count). The summed E-state index contributed by atoms with van der Waals surface area (Å²) in [7, 11) is 1.67. The van der Waals surface area contributed by atoms with Gasteiger partial charge in [-0.3, -0.25) is 4.79 Å². The number of benzene rings is 1. The number of allylic oxidation sites excluding steroid dienone is 2. The Morgan fingerprint density at radius 1 is 1.18 bits per heavy atom. The number of likely N-dealkylation sites (tertiary alicyclic amines) is 1. The van der Waals surface area contributed by atoms with Gasteiger partial charge in [0.25, 0.3) is 0 Å². The third kappa shape index (κ3) is 4.48. The van der Waals surface area contributed by atoms with Crippen LogP contribution in [0, 0.1) is 0 Å². The average molecular weight is 299 g/mol. The fraction of sp³-hybridized carbons (Fsp3) is 0.421. The van der Waals surface area contributed by atoms with Crippen LogP contribution in [0.25, 0.3) is 6.08 Å². The van der Waals surface area contributed by atoms with Gasteiger partial charge in [-0.1, -0.05) is 31.2 Å². The van der Waals surface area contributed by atoms with E-state index in [9.17, 15) is 4.79 Å². The largest absolute Gasteiger partial charge is 0.496 e. The fourth-order valence-corrected chi connectivity index (χ4v) is 2.65. The molecule has 0 aliphatic carbocycles. The third-order valence-electron chi connectivity index (χ3n) is 4.00. The molecule has 0 radical (unpaired) electrons. The maximum absolute atomic E-state index is 12.2. The molecule has 1 fully saturated rings. The van der Waals surface area contributed by atoms with Gasteiger partial charge >= 0.3 is 0 Å². The Bertz CT molecular complexity index is 554. The zero-order chi connectivity index (χ0) is 15.8.